The Kier molecular flexibility index (Phi) is 8.89. The molecule has 1 aliphatic rings. The Labute approximate surface area is 218 Å². The molecule has 1 heterocycles. The van der Waals surface area contributed by atoms with Gasteiger partial charge in [-0.3, -0.25) is 4.57 Å². The summed E-state index contributed by atoms with van der Waals surface area (Å²) >= 11 is 5.58. The van der Waals surface area contributed by atoms with Crippen LogP contribution in [0.2, 0.25) is 36.3 Å². The molecule has 0 bridgehead atoms. The minimum absolute atomic E-state index is 0.0285. The lowest BCUT2D eigenvalue weighted by atomic mass is 9.79. The van der Waals surface area contributed by atoms with E-state index in [1.54, 1.807) is 23.3 Å². The highest BCUT2D eigenvalue weighted by Gasteiger charge is 2.56. The summed E-state index contributed by atoms with van der Waals surface area (Å²) in [6.07, 6.45) is 3.07. The summed E-state index contributed by atoms with van der Waals surface area (Å²) < 4.78 is 26.6. The van der Waals surface area contributed by atoms with E-state index in [1.807, 2.05) is 0 Å². The molecule has 1 N–H and O–H groups in total. The molecule has 1 aliphatic carbocycles. The van der Waals surface area contributed by atoms with Crippen LogP contribution in [0.4, 0.5) is 0 Å². The van der Waals surface area contributed by atoms with Gasteiger partial charge in [-0.25, -0.2) is 9.78 Å². The van der Waals surface area contributed by atoms with Crippen LogP contribution < -0.4 is 0 Å². The lowest BCUT2D eigenvalue weighted by Crippen LogP contribution is -2.63. The van der Waals surface area contributed by atoms with Gasteiger partial charge < -0.3 is 23.4 Å². The Morgan fingerprint density at radius 1 is 1.03 bits per heavy atom. The second-order valence-electron chi connectivity index (χ2n) is 12.6. The maximum Gasteiger partial charge on any atom is 0.338 e. The monoisotopic (exact) mass is 544 g/mol. The number of aromatic nitrogens is 2. The van der Waals surface area contributed by atoms with Gasteiger partial charge in [0, 0.05) is 25.2 Å². The molecular weight excluding hydrogens is 501 g/mol. The number of thiocarbonyl (C=S) groups is 1. The molecule has 1 aromatic rings. The summed E-state index contributed by atoms with van der Waals surface area (Å²) in [5.41, 5.74) is -1.76. The van der Waals surface area contributed by atoms with Gasteiger partial charge in [-0.05, 0) is 48.5 Å². The van der Waals surface area contributed by atoms with Crippen molar-refractivity contribution >= 4 is 40.0 Å². The number of methoxy groups -OCH3 is 1. The molecule has 1 saturated carbocycles. The predicted octanol–water partition coefficient (Wildman–Crippen LogP) is 4.88. The van der Waals surface area contributed by atoms with Gasteiger partial charge in [0.25, 0.3) is 5.17 Å². The molecule has 2 atom stereocenters. The van der Waals surface area contributed by atoms with E-state index in [4.69, 9.17) is 30.5 Å². The number of rotatable bonds is 6. The topological polar surface area (TPSA) is 92.0 Å². The number of carbonyl (C=O) groups excluding carboxylic acids is 1. The minimum atomic E-state index is -2.33. The van der Waals surface area contributed by atoms with Crippen LogP contribution in [-0.2, 0) is 23.1 Å². The lowest BCUT2D eigenvalue weighted by Gasteiger charge is -2.50. The van der Waals surface area contributed by atoms with Crippen LogP contribution in [-0.4, -0.2) is 73.5 Å². The maximum atomic E-state index is 12.8. The molecule has 8 nitrogen and oxygen atoms in total. The van der Waals surface area contributed by atoms with Crippen molar-refractivity contribution in [1.82, 2.24) is 9.55 Å². The Hall–Kier alpha value is -1.12. The van der Waals surface area contributed by atoms with Crippen molar-refractivity contribution < 1.29 is 28.2 Å². The quantitative estimate of drug-likeness (QED) is 0.308. The van der Waals surface area contributed by atoms with E-state index in [0.29, 0.717) is 0 Å². The van der Waals surface area contributed by atoms with Crippen LogP contribution in [0.15, 0.2) is 18.7 Å². The molecule has 0 radical (unpaired) electrons. The molecule has 2 rings (SSSR count). The van der Waals surface area contributed by atoms with Crippen LogP contribution in [0.1, 0.15) is 54.4 Å². The van der Waals surface area contributed by atoms with Crippen molar-refractivity contribution in [2.24, 2.45) is 0 Å². The van der Waals surface area contributed by atoms with Gasteiger partial charge in [-0.15, -0.1) is 0 Å². The Morgan fingerprint density at radius 3 is 1.83 bits per heavy atom. The molecule has 0 aromatic carbocycles. The highest BCUT2D eigenvalue weighted by molar-refractivity contribution is 7.80. The molecule has 1 aromatic heterocycles. The average Bonchev–Trinajstić information content (AvgIpc) is 3.22. The largest absolute Gasteiger partial charge is 0.467 e. The molecule has 35 heavy (non-hydrogen) atoms. The zero-order chi connectivity index (χ0) is 27.0. The fourth-order valence-corrected chi connectivity index (χ4v) is 6.48. The van der Waals surface area contributed by atoms with Crippen molar-refractivity contribution in [2.45, 2.75) is 115 Å². The summed E-state index contributed by atoms with van der Waals surface area (Å²) in [4.78, 5) is 16.8. The highest BCUT2D eigenvalue weighted by Crippen LogP contribution is 2.45. The summed E-state index contributed by atoms with van der Waals surface area (Å²) in [6.45, 7) is 21.4. The number of nitrogens with zero attached hydrogens (tertiary/aromatic N) is 2. The number of esters is 1. The van der Waals surface area contributed by atoms with E-state index in [1.165, 1.54) is 7.11 Å². The van der Waals surface area contributed by atoms with Crippen molar-refractivity contribution in [2.75, 3.05) is 7.11 Å². The maximum absolute atomic E-state index is 12.8. The second kappa shape index (κ2) is 10.3. The summed E-state index contributed by atoms with van der Waals surface area (Å²) in [7, 11) is -3.39. The van der Waals surface area contributed by atoms with Crippen molar-refractivity contribution in [1.29, 1.82) is 0 Å². The van der Waals surface area contributed by atoms with Gasteiger partial charge in [0.05, 0.1) is 19.3 Å². The first-order valence-electron chi connectivity index (χ1n) is 12.1. The van der Waals surface area contributed by atoms with Gasteiger partial charge in [-0.1, -0.05) is 41.5 Å². The number of carbonyl (C=O) groups is 1. The van der Waals surface area contributed by atoms with Crippen molar-refractivity contribution in [3.05, 3.63) is 18.7 Å². The van der Waals surface area contributed by atoms with E-state index in [0.717, 1.165) is 0 Å². The molecule has 0 aliphatic heterocycles. The Bertz CT molecular complexity index is 855. The Balaban J connectivity index is 2.56. The second-order valence-corrected chi connectivity index (χ2v) is 22.4. The fourth-order valence-electron chi connectivity index (χ4n) is 3.60. The number of hydrogen-bond donors (Lipinski definition) is 1. The third kappa shape index (κ3) is 6.81. The van der Waals surface area contributed by atoms with E-state index in [2.05, 4.69) is 72.7 Å². The van der Waals surface area contributed by atoms with Crippen molar-refractivity contribution in [3.8, 4) is 0 Å². The smallest absolute Gasteiger partial charge is 0.338 e. The molecule has 0 saturated heterocycles. The van der Waals surface area contributed by atoms with E-state index < -0.39 is 46.5 Å². The normalized spacial score (nSPS) is 26.3. The number of imidazole rings is 1. The number of ether oxygens (including phenoxy) is 2. The SMILES string of the molecule is COC(=O)C1(O)C[C@@H](O[Si](C)(C)C(C)(C)C)C(OC(=S)n2ccnc2)[C@H](O[Si](C)(C)C(C)(C)C)C1. The average molecular weight is 545 g/mol. The van der Waals surface area contributed by atoms with E-state index in [-0.39, 0.29) is 28.1 Å². The van der Waals surface area contributed by atoms with Gasteiger partial charge in [0.1, 0.15) is 6.33 Å². The van der Waals surface area contributed by atoms with E-state index >= 15 is 0 Å². The van der Waals surface area contributed by atoms with E-state index in [9.17, 15) is 9.90 Å². The van der Waals surface area contributed by atoms with Crippen LogP contribution in [0.3, 0.4) is 0 Å². The molecule has 0 unspecified atom stereocenters. The van der Waals surface area contributed by atoms with Crippen LogP contribution in [0, 0.1) is 0 Å². The minimum Gasteiger partial charge on any atom is -0.467 e. The zero-order valence-corrected chi connectivity index (χ0v) is 26.0. The first kappa shape index (κ1) is 30.1. The van der Waals surface area contributed by atoms with Crippen LogP contribution in [0.25, 0.3) is 0 Å². The zero-order valence-electron chi connectivity index (χ0n) is 23.2. The Morgan fingerprint density at radius 2 is 1.49 bits per heavy atom. The molecule has 0 amide bonds. The standard InChI is InChI=1S/C24H44N2O6SSi2/c1-22(2,3)34(8,9)31-17-14-24(28,20(27)29-7)15-18(32-35(10,11)23(4,5)6)19(17)30-21(33)26-13-12-25-16-26/h12-13,16-19,28H,14-15H2,1-11H3/t17-,18-,19?,24?/m1/s1. The van der Waals surface area contributed by atoms with Gasteiger partial charge >= 0.3 is 5.97 Å². The lowest BCUT2D eigenvalue weighted by molar-refractivity contribution is -0.185. The van der Waals surface area contributed by atoms with Crippen molar-refractivity contribution in [3.63, 3.8) is 0 Å². The summed E-state index contributed by atoms with van der Waals surface area (Å²) in [5.74, 6) is -0.694. The highest BCUT2D eigenvalue weighted by atomic mass is 32.1. The summed E-state index contributed by atoms with van der Waals surface area (Å²) in [6, 6.07) is 0. The van der Waals surface area contributed by atoms with Crippen LogP contribution in [0.5, 0.6) is 0 Å². The number of hydrogen-bond acceptors (Lipinski definition) is 8. The van der Waals surface area contributed by atoms with Gasteiger partial charge in [0.15, 0.2) is 28.3 Å². The van der Waals surface area contributed by atoms with Gasteiger partial charge in [-0.2, -0.15) is 0 Å². The summed E-state index contributed by atoms with van der Waals surface area (Å²) in [5, 5.41) is 11.5. The fraction of sp³-hybridized carbons (Fsp3) is 0.792. The first-order valence-corrected chi connectivity index (χ1v) is 18.3. The molecule has 1 fully saturated rings. The molecular formula is C24H44N2O6SSi2. The van der Waals surface area contributed by atoms with Gasteiger partial charge in [0.2, 0.25) is 0 Å². The third-order valence-corrected chi connectivity index (χ3v) is 17.1. The van der Waals surface area contributed by atoms with Crippen LogP contribution >= 0.6 is 12.2 Å². The first-order chi connectivity index (χ1) is 15.7. The third-order valence-electron chi connectivity index (χ3n) is 7.83. The molecule has 0 spiro atoms. The molecule has 200 valence electrons. The molecule has 11 heteroatoms. The predicted molar refractivity (Wildman–Crippen MR) is 145 cm³/mol. The number of aliphatic hydroxyl groups is 1.